The van der Waals surface area contributed by atoms with Crippen molar-refractivity contribution in [2.24, 2.45) is 5.73 Å². The SMILES string of the molecule is CC[C@H](N)c1cc(Cl)c(Br)cc1F. The molecular formula is C9H10BrClFN. The molecule has 0 spiro atoms. The summed E-state index contributed by atoms with van der Waals surface area (Å²) in [5.41, 5.74) is 6.17. The zero-order valence-electron chi connectivity index (χ0n) is 7.15. The Balaban J connectivity index is 3.15. The lowest BCUT2D eigenvalue weighted by atomic mass is 10.1. The molecule has 0 radical (unpaired) electrons. The Morgan fingerprint density at radius 1 is 1.62 bits per heavy atom. The smallest absolute Gasteiger partial charge is 0.129 e. The van der Waals surface area contributed by atoms with Crippen molar-refractivity contribution in [2.75, 3.05) is 0 Å². The fourth-order valence-electron chi connectivity index (χ4n) is 1.04. The first-order valence-corrected chi connectivity index (χ1v) is 5.13. The van der Waals surface area contributed by atoms with Crippen LogP contribution in [0.2, 0.25) is 5.02 Å². The maximum Gasteiger partial charge on any atom is 0.129 e. The minimum Gasteiger partial charge on any atom is -0.324 e. The van der Waals surface area contributed by atoms with E-state index in [1.807, 2.05) is 6.92 Å². The second-order valence-corrected chi connectivity index (χ2v) is 4.06. The number of hydrogen-bond acceptors (Lipinski definition) is 1. The van der Waals surface area contributed by atoms with E-state index in [9.17, 15) is 4.39 Å². The highest BCUT2D eigenvalue weighted by Gasteiger charge is 2.12. The Labute approximate surface area is 90.2 Å². The first-order chi connectivity index (χ1) is 6.06. The highest BCUT2D eigenvalue weighted by Crippen LogP contribution is 2.28. The van der Waals surface area contributed by atoms with E-state index in [0.717, 1.165) is 0 Å². The van der Waals surface area contributed by atoms with Crippen LogP contribution in [0.3, 0.4) is 0 Å². The molecule has 1 aromatic carbocycles. The van der Waals surface area contributed by atoms with E-state index >= 15 is 0 Å². The van der Waals surface area contributed by atoms with Crippen molar-refractivity contribution in [2.45, 2.75) is 19.4 Å². The molecule has 0 bridgehead atoms. The first-order valence-electron chi connectivity index (χ1n) is 3.96. The second-order valence-electron chi connectivity index (χ2n) is 2.80. The van der Waals surface area contributed by atoms with Gasteiger partial charge in [0.05, 0.1) is 5.02 Å². The minimum absolute atomic E-state index is 0.286. The van der Waals surface area contributed by atoms with Crippen LogP contribution in [0.15, 0.2) is 16.6 Å². The van der Waals surface area contributed by atoms with E-state index in [0.29, 0.717) is 21.5 Å². The molecule has 0 saturated carbocycles. The lowest BCUT2D eigenvalue weighted by Gasteiger charge is -2.11. The summed E-state index contributed by atoms with van der Waals surface area (Å²) in [6, 6.07) is 2.62. The topological polar surface area (TPSA) is 26.0 Å². The maximum atomic E-state index is 13.3. The van der Waals surface area contributed by atoms with Crippen LogP contribution in [-0.2, 0) is 0 Å². The maximum absolute atomic E-state index is 13.3. The number of halogens is 3. The van der Waals surface area contributed by atoms with E-state index in [2.05, 4.69) is 15.9 Å². The van der Waals surface area contributed by atoms with Gasteiger partial charge in [0.15, 0.2) is 0 Å². The van der Waals surface area contributed by atoms with Gasteiger partial charge in [0, 0.05) is 16.1 Å². The van der Waals surface area contributed by atoms with Crippen LogP contribution in [0.5, 0.6) is 0 Å². The van der Waals surface area contributed by atoms with Crippen molar-refractivity contribution in [1.82, 2.24) is 0 Å². The van der Waals surface area contributed by atoms with Crippen LogP contribution in [-0.4, -0.2) is 0 Å². The van der Waals surface area contributed by atoms with Gasteiger partial charge in [-0.25, -0.2) is 4.39 Å². The third kappa shape index (κ3) is 2.42. The highest BCUT2D eigenvalue weighted by molar-refractivity contribution is 9.10. The summed E-state index contributed by atoms with van der Waals surface area (Å²) < 4.78 is 13.9. The molecule has 0 fully saturated rings. The second kappa shape index (κ2) is 4.40. The van der Waals surface area contributed by atoms with E-state index in [1.165, 1.54) is 6.07 Å². The molecule has 0 heterocycles. The summed E-state index contributed by atoms with van der Waals surface area (Å²) in [5.74, 6) is -0.314. The Bertz CT molecular complexity index is 317. The molecule has 0 amide bonds. The number of benzene rings is 1. The zero-order chi connectivity index (χ0) is 10.0. The predicted octanol–water partition coefficient (Wildman–Crippen LogP) is 3.65. The van der Waals surface area contributed by atoms with Crippen molar-refractivity contribution < 1.29 is 4.39 Å². The van der Waals surface area contributed by atoms with Gasteiger partial charge in [0.25, 0.3) is 0 Å². The largest absolute Gasteiger partial charge is 0.324 e. The highest BCUT2D eigenvalue weighted by atomic mass is 79.9. The van der Waals surface area contributed by atoms with Crippen molar-refractivity contribution in [1.29, 1.82) is 0 Å². The van der Waals surface area contributed by atoms with E-state index in [4.69, 9.17) is 17.3 Å². The molecule has 0 aliphatic heterocycles. The molecule has 0 aromatic heterocycles. The number of nitrogens with two attached hydrogens (primary N) is 1. The quantitative estimate of drug-likeness (QED) is 0.813. The first kappa shape index (κ1) is 11.0. The minimum atomic E-state index is -0.314. The molecule has 1 rings (SSSR count). The lowest BCUT2D eigenvalue weighted by molar-refractivity contribution is 0.574. The standard InChI is InChI=1S/C9H10BrClFN/c1-2-9(13)5-3-7(11)6(10)4-8(5)12/h3-4,9H,2,13H2,1H3/t9-/m0/s1. The molecule has 0 aliphatic carbocycles. The van der Waals surface area contributed by atoms with Crippen LogP contribution in [0.1, 0.15) is 24.9 Å². The average Bonchev–Trinajstić information content (AvgIpc) is 2.10. The molecule has 0 saturated heterocycles. The van der Waals surface area contributed by atoms with E-state index in [-0.39, 0.29) is 11.9 Å². The summed E-state index contributed by atoms with van der Waals surface area (Å²) in [7, 11) is 0. The summed E-state index contributed by atoms with van der Waals surface area (Å²) >= 11 is 8.96. The normalized spacial score (nSPS) is 13.0. The van der Waals surface area contributed by atoms with Crippen LogP contribution in [0.25, 0.3) is 0 Å². The molecule has 13 heavy (non-hydrogen) atoms. The van der Waals surface area contributed by atoms with Gasteiger partial charge < -0.3 is 5.73 Å². The van der Waals surface area contributed by atoms with Gasteiger partial charge in [-0.1, -0.05) is 18.5 Å². The van der Waals surface area contributed by atoms with Crippen LogP contribution in [0.4, 0.5) is 4.39 Å². The van der Waals surface area contributed by atoms with Crippen molar-refractivity contribution in [3.8, 4) is 0 Å². The fraction of sp³-hybridized carbons (Fsp3) is 0.333. The Hall–Kier alpha value is -0.120. The van der Waals surface area contributed by atoms with Crippen molar-refractivity contribution >= 4 is 27.5 Å². The Morgan fingerprint density at radius 3 is 2.77 bits per heavy atom. The summed E-state index contributed by atoms with van der Waals surface area (Å²) in [6.07, 6.45) is 0.689. The van der Waals surface area contributed by atoms with Gasteiger partial charge in [-0.3, -0.25) is 0 Å². The lowest BCUT2D eigenvalue weighted by Crippen LogP contribution is -2.10. The van der Waals surface area contributed by atoms with Gasteiger partial charge in [-0.05, 0) is 34.5 Å². The molecule has 1 aromatic rings. The van der Waals surface area contributed by atoms with Gasteiger partial charge in [0.1, 0.15) is 5.82 Å². The molecular weight excluding hydrogens is 256 g/mol. The summed E-state index contributed by atoms with van der Waals surface area (Å²) in [5, 5.41) is 0.486. The van der Waals surface area contributed by atoms with Crippen LogP contribution < -0.4 is 5.73 Å². The molecule has 4 heteroatoms. The zero-order valence-corrected chi connectivity index (χ0v) is 9.49. The van der Waals surface area contributed by atoms with Gasteiger partial charge in [0.2, 0.25) is 0 Å². The van der Waals surface area contributed by atoms with Gasteiger partial charge in [-0.15, -0.1) is 0 Å². The Kier molecular flexibility index (Phi) is 3.71. The molecule has 72 valence electrons. The molecule has 2 N–H and O–H groups in total. The molecule has 0 aliphatic rings. The third-order valence-corrected chi connectivity index (χ3v) is 3.08. The van der Waals surface area contributed by atoms with Gasteiger partial charge >= 0.3 is 0 Å². The van der Waals surface area contributed by atoms with E-state index < -0.39 is 0 Å². The average molecular weight is 267 g/mol. The monoisotopic (exact) mass is 265 g/mol. The predicted molar refractivity (Wildman–Crippen MR) is 56.3 cm³/mol. The molecule has 1 nitrogen and oxygen atoms in total. The van der Waals surface area contributed by atoms with Crippen molar-refractivity contribution in [3.05, 3.63) is 33.0 Å². The third-order valence-electron chi connectivity index (χ3n) is 1.88. The van der Waals surface area contributed by atoms with Crippen LogP contribution in [0, 0.1) is 5.82 Å². The molecule has 1 atom stereocenters. The van der Waals surface area contributed by atoms with Crippen LogP contribution >= 0.6 is 27.5 Å². The Morgan fingerprint density at radius 2 is 2.23 bits per heavy atom. The molecule has 0 unspecified atom stereocenters. The van der Waals surface area contributed by atoms with Crippen molar-refractivity contribution in [3.63, 3.8) is 0 Å². The fourth-order valence-corrected chi connectivity index (χ4v) is 1.53. The number of hydrogen-bond donors (Lipinski definition) is 1. The number of rotatable bonds is 2. The summed E-state index contributed by atoms with van der Waals surface area (Å²) in [6.45, 7) is 1.90. The van der Waals surface area contributed by atoms with Gasteiger partial charge in [-0.2, -0.15) is 0 Å². The summed E-state index contributed by atoms with van der Waals surface area (Å²) in [4.78, 5) is 0. The van der Waals surface area contributed by atoms with E-state index in [1.54, 1.807) is 6.07 Å².